The fraction of sp³-hybridized carbons (Fsp3) is 0.625. The Kier molecular flexibility index (Phi) is 7.44. The first-order valence-electron chi connectivity index (χ1n) is 11.5. The number of fused-ring (bicyclic) bond motifs is 1. The van der Waals surface area contributed by atoms with Crippen LogP contribution in [0.3, 0.4) is 0 Å². The molecule has 3 N–H and O–H groups in total. The Balaban J connectivity index is 0.000000182. The summed E-state index contributed by atoms with van der Waals surface area (Å²) in [5.74, 6) is 0.141. The Morgan fingerprint density at radius 3 is 2.59 bits per heavy atom. The molecule has 0 radical (unpaired) electrons. The standard InChI is InChI=1S/C14H26N2O.C10H11N3O2/c1-12-6-4-9-16(12)14(2,3)13-7-5-8-15(10-13)11-17;1-5-3-4-6-7(12-2)8(9(11)14)15-10(6)13-5/h11-13H,4-10H2,1-3H3;3-4,12H,1-2H3,(H2,11,14). The van der Waals surface area contributed by atoms with Gasteiger partial charge < -0.3 is 20.4 Å². The first-order valence-corrected chi connectivity index (χ1v) is 11.5. The van der Waals surface area contributed by atoms with Gasteiger partial charge in [0.1, 0.15) is 0 Å². The highest BCUT2D eigenvalue weighted by atomic mass is 16.4. The van der Waals surface area contributed by atoms with E-state index >= 15 is 0 Å². The van der Waals surface area contributed by atoms with Gasteiger partial charge in [-0.3, -0.25) is 14.5 Å². The lowest BCUT2D eigenvalue weighted by Crippen LogP contribution is -2.55. The number of carbonyl (C=O) groups excluding carboxylic acids is 2. The number of furan rings is 1. The van der Waals surface area contributed by atoms with Crippen molar-refractivity contribution in [1.29, 1.82) is 0 Å². The maximum Gasteiger partial charge on any atom is 0.286 e. The number of aryl methyl sites for hydroxylation is 1. The second-order valence-corrected chi connectivity index (χ2v) is 9.50. The van der Waals surface area contributed by atoms with Crippen LogP contribution in [-0.2, 0) is 4.79 Å². The first-order chi connectivity index (χ1) is 15.2. The van der Waals surface area contributed by atoms with E-state index in [9.17, 15) is 9.59 Å². The highest BCUT2D eigenvalue weighted by molar-refractivity contribution is 6.04. The number of aromatic nitrogens is 1. The van der Waals surface area contributed by atoms with Crippen LogP contribution in [-0.4, -0.2) is 65.4 Å². The minimum absolute atomic E-state index is 0.116. The number of hydrogen-bond acceptors (Lipinski definition) is 6. The number of nitrogens with one attached hydrogen (secondary N) is 1. The summed E-state index contributed by atoms with van der Waals surface area (Å²) in [5, 5.41) is 3.65. The molecule has 0 aliphatic carbocycles. The van der Waals surface area contributed by atoms with Gasteiger partial charge in [0.15, 0.2) is 0 Å². The molecule has 2 aliphatic heterocycles. The van der Waals surface area contributed by atoms with Crippen LogP contribution in [0.4, 0.5) is 5.69 Å². The topological polar surface area (TPSA) is 105 Å². The molecule has 8 nitrogen and oxygen atoms in total. The van der Waals surface area contributed by atoms with Gasteiger partial charge in [-0.2, -0.15) is 0 Å². The highest BCUT2D eigenvalue weighted by Gasteiger charge is 2.41. The summed E-state index contributed by atoms with van der Waals surface area (Å²) < 4.78 is 5.28. The lowest BCUT2D eigenvalue weighted by atomic mass is 9.80. The maximum absolute atomic E-state index is 11.1. The predicted molar refractivity (Wildman–Crippen MR) is 127 cm³/mol. The lowest BCUT2D eigenvalue weighted by Gasteiger charge is -2.47. The summed E-state index contributed by atoms with van der Waals surface area (Å²) in [4.78, 5) is 30.8. The van der Waals surface area contributed by atoms with Crippen LogP contribution in [0.15, 0.2) is 16.5 Å². The van der Waals surface area contributed by atoms with Gasteiger partial charge in [0.25, 0.3) is 5.91 Å². The third kappa shape index (κ3) is 4.90. The monoisotopic (exact) mass is 443 g/mol. The summed E-state index contributed by atoms with van der Waals surface area (Å²) in [5.41, 5.74) is 7.27. The predicted octanol–water partition coefficient (Wildman–Crippen LogP) is 3.39. The van der Waals surface area contributed by atoms with E-state index in [1.807, 2.05) is 24.0 Å². The summed E-state index contributed by atoms with van der Waals surface area (Å²) in [6.07, 6.45) is 6.10. The average Bonchev–Trinajstić information content (AvgIpc) is 3.37. The van der Waals surface area contributed by atoms with Crippen LogP contribution in [0.25, 0.3) is 11.1 Å². The molecule has 0 saturated carbocycles. The smallest absolute Gasteiger partial charge is 0.286 e. The van der Waals surface area contributed by atoms with E-state index in [0.29, 0.717) is 23.4 Å². The molecular weight excluding hydrogens is 406 g/mol. The second-order valence-electron chi connectivity index (χ2n) is 9.50. The number of nitrogens with two attached hydrogens (primary N) is 1. The number of anilines is 1. The van der Waals surface area contributed by atoms with Gasteiger partial charge in [-0.25, -0.2) is 4.98 Å². The number of likely N-dealkylation sites (tertiary alicyclic amines) is 2. The minimum Gasteiger partial charge on any atom is -0.430 e. The van der Waals surface area contributed by atoms with Gasteiger partial charge in [-0.15, -0.1) is 0 Å². The van der Waals surface area contributed by atoms with E-state index in [2.05, 4.69) is 36.0 Å². The fourth-order valence-electron chi connectivity index (χ4n) is 5.20. The van der Waals surface area contributed by atoms with Crippen molar-refractivity contribution in [2.45, 2.75) is 65.0 Å². The summed E-state index contributed by atoms with van der Waals surface area (Å²) in [7, 11) is 1.70. The SMILES string of the molecule is CC1CCCN1C(C)(C)C1CCCN(C=O)C1.CNc1c(C(N)=O)oc2nc(C)ccc12. The number of rotatable bonds is 5. The van der Waals surface area contributed by atoms with Crippen molar-refractivity contribution >= 4 is 29.1 Å². The van der Waals surface area contributed by atoms with Gasteiger partial charge in [-0.05, 0) is 78.0 Å². The quantitative estimate of drug-likeness (QED) is 0.687. The number of carbonyl (C=O) groups is 2. The third-order valence-electron chi connectivity index (χ3n) is 7.06. The molecule has 2 aromatic heterocycles. The molecule has 4 heterocycles. The van der Waals surface area contributed by atoms with Crippen LogP contribution >= 0.6 is 0 Å². The largest absolute Gasteiger partial charge is 0.430 e. The normalized spacial score (nSPS) is 21.8. The number of nitrogens with zero attached hydrogens (tertiary/aromatic N) is 3. The Morgan fingerprint density at radius 1 is 1.28 bits per heavy atom. The zero-order valence-electron chi connectivity index (χ0n) is 20.0. The third-order valence-corrected chi connectivity index (χ3v) is 7.06. The molecule has 0 aromatic carbocycles. The van der Waals surface area contributed by atoms with Crippen molar-refractivity contribution in [2.24, 2.45) is 11.7 Å². The van der Waals surface area contributed by atoms with Crippen molar-refractivity contribution in [3.8, 4) is 0 Å². The molecule has 2 amide bonds. The van der Waals surface area contributed by atoms with E-state index in [4.69, 9.17) is 10.2 Å². The molecular formula is C24H37N5O3. The van der Waals surface area contributed by atoms with Crippen LogP contribution in [0, 0.1) is 12.8 Å². The molecule has 0 spiro atoms. The Hall–Kier alpha value is -2.61. The molecule has 2 atom stereocenters. The van der Waals surface area contributed by atoms with E-state index in [1.54, 1.807) is 7.05 Å². The molecule has 8 heteroatoms. The second kappa shape index (κ2) is 9.90. The van der Waals surface area contributed by atoms with Gasteiger partial charge in [0.2, 0.25) is 17.9 Å². The van der Waals surface area contributed by atoms with Crippen molar-refractivity contribution in [1.82, 2.24) is 14.8 Å². The van der Waals surface area contributed by atoms with Crippen LogP contribution in [0.1, 0.15) is 62.7 Å². The molecule has 2 unspecified atom stereocenters. The zero-order valence-corrected chi connectivity index (χ0v) is 20.0. The molecule has 32 heavy (non-hydrogen) atoms. The van der Waals surface area contributed by atoms with Crippen molar-refractivity contribution in [3.05, 3.63) is 23.6 Å². The lowest BCUT2D eigenvalue weighted by molar-refractivity contribution is -0.121. The van der Waals surface area contributed by atoms with E-state index in [0.717, 1.165) is 37.0 Å². The number of primary amides is 1. The number of amides is 2. The molecule has 2 fully saturated rings. The van der Waals surface area contributed by atoms with Crippen molar-refractivity contribution in [2.75, 3.05) is 32.0 Å². The average molecular weight is 444 g/mol. The maximum atomic E-state index is 11.1. The first kappa shape index (κ1) is 24.0. The Labute approximate surface area is 190 Å². The van der Waals surface area contributed by atoms with Gasteiger partial charge in [0, 0.05) is 37.4 Å². The summed E-state index contributed by atoms with van der Waals surface area (Å²) >= 11 is 0. The van der Waals surface area contributed by atoms with Crippen molar-refractivity contribution in [3.63, 3.8) is 0 Å². The van der Waals surface area contributed by atoms with Crippen LogP contribution < -0.4 is 11.1 Å². The molecule has 0 bridgehead atoms. The van der Waals surface area contributed by atoms with Gasteiger partial charge >= 0.3 is 0 Å². The van der Waals surface area contributed by atoms with E-state index in [1.165, 1.54) is 25.8 Å². The van der Waals surface area contributed by atoms with E-state index in [-0.39, 0.29) is 11.3 Å². The number of pyridine rings is 1. The molecule has 2 aromatic rings. The Bertz CT molecular complexity index is 955. The Morgan fingerprint density at radius 2 is 2.00 bits per heavy atom. The number of piperidine rings is 1. The van der Waals surface area contributed by atoms with Crippen molar-refractivity contribution < 1.29 is 14.0 Å². The molecule has 2 saturated heterocycles. The summed E-state index contributed by atoms with van der Waals surface area (Å²) in [6, 6.07) is 4.40. The summed E-state index contributed by atoms with van der Waals surface area (Å²) in [6.45, 7) is 12.1. The minimum atomic E-state index is -0.602. The highest BCUT2D eigenvalue weighted by Crippen LogP contribution is 2.36. The molecule has 176 valence electrons. The molecule has 2 aliphatic rings. The van der Waals surface area contributed by atoms with Crippen LogP contribution in [0.2, 0.25) is 0 Å². The molecule has 4 rings (SSSR count). The number of hydrogen-bond donors (Lipinski definition) is 2. The van der Waals surface area contributed by atoms with Gasteiger partial charge in [0.05, 0.1) is 11.1 Å². The van der Waals surface area contributed by atoms with E-state index < -0.39 is 5.91 Å². The fourth-order valence-corrected chi connectivity index (χ4v) is 5.20. The van der Waals surface area contributed by atoms with Gasteiger partial charge in [-0.1, -0.05) is 0 Å². The zero-order chi connectivity index (χ0) is 23.5. The van der Waals surface area contributed by atoms with Crippen LogP contribution in [0.5, 0.6) is 0 Å².